The van der Waals surface area contributed by atoms with Gasteiger partial charge in [-0.3, -0.25) is 4.98 Å². The molecule has 5 nitrogen and oxygen atoms in total. The van der Waals surface area contributed by atoms with Gasteiger partial charge in [0.15, 0.2) is 0 Å². The van der Waals surface area contributed by atoms with Crippen LogP contribution in [-0.2, 0) is 5.41 Å². The number of hydrogen-bond donors (Lipinski definition) is 2. The maximum absolute atomic E-state index is 6.74. The van der Waals surface area contributed by atoms with Crippen molar-refractivity contribution in [3.63, 3.8) is 0 Å². The molecule has 57 heavy (non-hydrogen) atoms. The number of rotatable bonds is 5. The number of anilines is 1. The summed E-state index contributed by atoms with van der Waals surface area (Å²) >= 11 is 0. The molecule has 2 aromatic heterocycles. The van der Waals surface area contributed by atoms with Gasteiger partial charge in [-0.15, -0.1) is 0 Å². The molecule has 4 N–H and O–H groups in total. The van der Waals surface area contributed by atoms with Crippen LogP contribution in [0.1, 0.15) is 36.1 Å². The number of nitrogens with zero attached hydrogens (tertiary/aromatic N) is 3. The van der Waals surface area contributed by atoms with Crippen LogP contribution in [0.25, 0.3) is 61.0 Å². The summed E-state index contributed by atoms with van der Waals surface area (Å²) in [7, 11) is 0. The second-order valence-corrected chi connectivity index (χ2v) is 15.5. The molecular formula is C52H41N5. The number of benzene rings is 6. The van der Waals surface area contributed by atoms with Crippen LogP contribution in [0.2, 0.25) is 0 Å². The lowest BCUT2D eigenvalue weighted by Crippen LogP contribution is -2.33. The average molecular weight is 736 g/mol. The van der Waals surface area contributed by atoms with E-state index in [1.807, 2.05) is 31.3 Å². The molecule has 2 unspecified atom stereocenters. The Labute approximate surface area is 332 Å². The van der Waals surface area contributed by atoms with Crippen LogP contribution < -0.4 is 16.4 Å². The van der Waals surface area contributed by atoms with Crippen molar-refractivity contribution >= 4 is 27.6 Å². The third kappa shape index (κ3) is 4.48. The van der Waals surface area contributed by atoms with Gasteiger partial charge in [0, 0.05) is 40.5 Å². The van der Waals surface area contributed by atoms with Crippen molar-refractivity contribution < 1.29 is 0 Å². The van der Waals surface area contributed by atoms with Crippen molar-refractivity contribution in [2.75, 3.05) is 4.90 Å². The Morgan fingerprint density at radius 3 is 1.81 bits per heavy atom. The molecule has 1 spiro atoms. The molecule has 0 radical (unpaired) electrons. The normalized spacial score (nSPS) is 17.7. The Hall–Kier alpha value is -7.11. The second-order valence-electron chi connectivity index (χ2n) is 15.5. The smallest absolute Gasteiger partial charge is 0.107 e. The van der Waals surface area contributed by atoms with E-state index in [1.165, 1.54) is 44.5 Å². The van der Waals surface area contributed by atoms with E-state index in [-0.39, 0.29) is 12.0 Å². The van der Waals surface area contributed by atoms with E-state index in [0.717, 1.165) is 55.8 Å². The molecule has 5 heteroatoms. The molecular weight excluding hydrogens is 695 g/mol. The Morgan fingerprint density at radius 2 is 1.21 bits per heavy atom. The predicted molar refractivity (Wildman–Crippen MR) is 235 cm³/mol. The Balaban J connectivity index is 1.04. The first-order valence-corrected chi connectivity index (χ1v) is 19.8. The lowest BCUT2D eigenvalue weighted by Gasteiger charge is -2.30. The van der Waals surface area contributed by atoms with Gasteiger partial charge in [0.1, 0.15) is 5.82 Å². The van der Waals surface area contributed by atoms with Gasteiger partial charge in [0.25, 0.3) is 0 Å². The van der Waals surface area contributed by atoms with Crippen molar-refractivity contribution in [2.45, 2.75) is 25.3 Å². The highest BCUT2D eigenvalue weighted by molar-refractivity contribution is 6.10. The molecule has 1 aliphatic heterocycles. The van der Waals surface area contributed by atoms with Gasteiger partial charge in [-0.25, -0.2) is 0 Å². The van der Waals surface area contributed by atoms with E-state index in [0.29, 0.717) is 0 Å². The quantitative estimate of drug-likeness (QED) is 0.185. The second kappa shape index (κ2) is 12.5. The monoisotopic (exact) mass is 735 g/mol. The van der Waals surface area contributed by atoms with E-state index in [4.69, 9.17) is 16.5 Å². The van der Waals surface area contributed by atoms with Crippen LogP contribution in [0.15, 0.2) is 188 Å². The summed E-state index contributed by atoms with van der Waals surface area (Å²) < 4.78 is 2.40. The zero-order valence-corrected chi connectivity index (χ0v) is 31.9. The van der Waals surface area contributed by atoms with Gasteiger partial charge in [0.05, 0.1) is 22.0 Å². The molecule has 0 saturated carbocycles. The summed E-state index contributed by atoms with van der Waals surface area (Å²) in [6, 6.07) is 53.9. The first kappa shape index (κ1) is 33.2. The molecule has 274 valence electrons. The molecule has 11 rings (SSSR count). The maximum Gasteiger partial charge on any atom is 0.107 e. The molecule has 6 aromatic carbocycles. The van der Waals surface area contributed by atoms with Crippen molar-refractivity contribution in [3.05, 3.63) is 210 Å². The van der Waals surface area contributed by atoms with Crippen LogP contribution in [0.4, 0.5) is 5.69 Å². The maximum atomic E-state index is 6.74. The topological polar surface area (TPSA) is 73.1 Å². The third-order valence-corrected chi connectivity index (χ3v) is 12.7. The van der Waals surface area contributed by atoms with Crippen LogP contribution >= 0.6 is 0 Å². The third-order valence-electron chi connectivity index (χ3n) is 12.7. The Bertz CT molecular complexity index is 2970. The van der Waals surface area contributed by atoms with E-state index >= 15 is 0 Å². The van der Waals surface area contributed by atoms with Crippen LogP contribution in [0, 0.1) is 5.92 Å². The summed E-state index contributed by atoms with van der Waals surface area (Å²) in [6.45, 7) is 4.22. The van der Waals surface area contributed by atoms with E-state index < -0.39 is 5.41 Å². The summed E-state index contributed by atoms with van der Waals surface area (Å²) in [4.78, 5) is 7.21. The van der Waals surface area contributed by atoms with Crippen molar-refractivity contribution in [2.24, 2.45) is 17.4 Å². The minimum absolute atomic E-state index is 0.126. The molecule has 0 saturated heterocycles. The summed E-state index contributed by atoms with van der Waals surface area (Å²) in [6.07, 6.45) is 9.70. The zero-order chi connectivity index (χ0) is 38.4. The van der Waals surface area contributed by atoms with Crippen LogP contribution in [-0.4, -0.2) is 15.6 Å². The highest BCUT2D eigenvalue weighted by Gasteiger charge is 2.51. The fourth-order valence-electron chi connectivity index (χ4n) is 10.4. The standard InChI is InChI=1S/C52H41N5/c1-3-11-41-37(27-28-53)32(2)56(51(41)54)35-23-19-33(20-24-35)34-21-25-36(26-22-34)57-48-18-10-29-55-50(48)43-30-42-40-14-6-9-17-46(40)52(47(42)31-49(43)57)44-15-7-4-12-38(44)39-13-5-8-16-45(39)52/h3-32,37H,53-54H2,1-2H3/b11-3-,28-27-. The first-order chi connectivity index (χ1) is 28.0. The SMILES string of the molecule is C/C=C\C1=C(N)N(c2ccc(-c3ccc(-n4c5cc6c(cc5c5ncccc54)-c4ccccc4C64c5ccccc5-c5ccccc54)cc3)cc2)C(C)C1/C=C\N. The number of pyridine rings is 1. The Morgan fingerprint density at radius 1 is 0.632 bits per heavy atom. The van der Waals surface area contributed by atoms with Gasteiger partial charge in [-0.1, -0.05) is 115 Å². The molecule has 3 aliphatic rings. The minimum atomic E-state index is -0.415. The van der Waals surface area contributed by atoms with E-state index in [2.05, 4.69) is 162 Å². The highest BCUT2D eigenvalue weighted by atomic mass is 15.2. The van der Waals surface area contributed by atoms with Gasteiger partial charge in [-0.05, 0) is 124 Å². The van der Waals surface area contributed by atoms with Gasteiger partial charge in [0.2, 0.25) is 0 Å². The molecule has 2 aliphatic carbocycles. The van der Waals surface area contributed by atoms with Crippen LogP contribution in [0.3, 0.4) is 0 Å². The van der Waals surface area contributed by atoms with Gasteiger partial charge < -0.3 is 20.9 Å². The number of allylic oxidation sites excluding steroid dienone is 2. The lowest BCUT2D eigenvalue weighted by atomic mass is 9.70. The number of nitrogens with two attached hydrogens (primary N) is 2. The number of aromatic nitrogens is 2. The molecule has 8 aromatic rings. The predicted octanol–water partition coefficient (Wildman–Crippen LogP) is 11.2. The highest BCUT2D eigenvalue weighted by Crippen LogP contribution is 2.63. The van der Waals surface area contributed by atoms with E-state index in [1.54, 1.807) is 6.20 Å². The summed E-state index contributed by atoms with van der Waals surface area (Å²) in [5, 5.41) is 1.15. The Kier molecular flexibility index (Phi) is 7.26. The number of fused-ring (bicyclic) bond motifs is 13. The van der Waals surface area contributed by atoms with Crippen molar-refractivity contribution in [1.82, 2.24) is 9.55 Å². The molecule has 2 atom stereocenters. The molecule has 0 bridgehead atoms. The largest absolute Gasteiger partial charge is 0.405 e. The first-order valence-electron chi connectivity index (χ1n) is 19.8. The fourth-order valence-corrected chi connectivity index (χ4v) is 10.4. The van der Waals surface area contributed by atoms with Gasteiger partial charge >= 0.3 is 0 Å². The van der Waals surface area contributed by atoms with E-state index in [9.17, 15) is 0 Å². The lowest BCUT2D eigenvalue weighted by molar-refractivity contribution is 0.632. The molecule has 0 amide bonds. The average Bonchev–Trinajstić information content (AvgIpc) is 3.92. The zero-order valence-electron chi connectivity index (χ0n) is 31.9. The fraction of sp³-hybridized carbons (Fsp3) is 0.0962. The van der Waals surface area contributed by atoms with Crippen molar-refractivity contribution in [3.8, 4) is 39.1 Å². The summed E-state index contributed by atoms with van der Waals surface area (Å²) in [5.41, 5.74) is 31.5. The van der Waals surface area contributed by atoms with Crippen molar-refractivity contribution in [1.29, 1.82) is 0 Å². The van der Waals surface area contributed by atoms with Crippen LogP contribution in [0.5, 0.6) is 0 Å². The number of hydrogen-bond acceptors (Lipinski definition) is 4. The minimum Gasteiger partial charge on any atom is -0.405 e. The molecule has 0 fully saturated rings. The summed E-state index contributed by atoms with van der Waals surface area (Å²) in [5.74, 6) is 0.893. The molecule has 3 heterocycles. The van der Waals surface area contributed by atoms with Gasteiger partial charge in [-0.2, -0.15) is 0 Å².